The Labute approximate surface area is 113 Å². The van der Waals surface area contributed by atoms with E-state index in [-0.39, 0.29) is 11.3 Å². The number of nitrogens with two attached hydrogens (primary N) is 1. The third kappa shape index (κ3) is 2.84. The first-order chi connectivity index (χ1) is 8.89. The molecular formula is C15H20N4. The maximum Gasteiger partial charge on any atom is 0.123 e. The number of amidine groups is 1. The van der Waals surface area contributed by atoms with Crippen LogP contribution in [0.3, 0.4) is 0 Å². The van der Waals surface area contributed by atoms with Crippen molar-refractivity contribution >= 4 is 5.84 Å². The fourth-order valence-electron chi connectivity index (χ4n) is 2.19. The Morgan fingerprint density at radius 2 is 2.00 bits per heavy atom. The molecule has 4 heteroatoms. The van der Waals surface area contributed by atoms with Crippen LogP contribution < -0.4 is 5.73 Å². The first-order valence-corrected chi connectivity index (χ1v) is 6.33. The van der Waals surface area contributed by atoms with Gasteiger partial charge in [0.05, 0.1) is 0 Å². The van der Waals surface area contributed by atoms with Crippen molar-refractivity contribution in [3.05, 3.63) is 53.6 Å². The van der Waals surface area contributed by atoms with Gasteiger partial charge in [0, 0.05) is 29.9 Å². The molecule has 0 saturated carbocycles. The van der Waals surface area contributed by atoms with Gasteiger partial charge in [-0.1, -0.05) is 45.0 Å². The quantitative estimate of drug-likeness (QED) is 0.654. The standard InChI is InChI=1S/C15H20N4/c1-15(2,3)14-18-8-9-19(14)10-11-6-4-5-7-12(11)13(16)17/h4-9H,10H2,1-3H3,(H3,16,17). The lowest BCUT2D eigenvalue weighted by Crippen LogP contribution is -2.21. The number of nitrogens with one attached hydrogen (secondary N) is 1. The van der Waals surface area contributed by atoms with Gasteiger partial charge in [-0.3, -0.25) is 5.41 Å². The van der Waals surface area contributed by atoms with Crippen molar-refractivity contribution in [3.63, 3.8) is 0 Å². The predicted molar refractivity (Wildman–Crippen MR) is 77.5 cm³/mol. The van der Waals surface area contributed by atoms with Crippen LogP contribution in [0.2, 0.25) is 0 Å². The molecule has 2 rings (SSSR count). The topological polar surface area (TPSA) is 67.7 Å². The summed E-state index contributed by atoms with van der Waals surface area (Å²) in [5.41, 5.74) is 7.45. The molecule has 0 spiro atoms. The van der Waals surface area contributed by atoms with E-state index in [1.807, 2.05) is 36.7 Å². The molecule has 100 valence electrons. The summed E-state index contributed by atoms with van der Waals surface area (Å²) in [6.07, 6.45) is 3.79. The molecule has 0 fully saturated rings. The van der Waals surface area contributed by atoms with Gasteiger partial charge in [-0.15, -0.1) is 0 Å². The summed E-state index contributed by atoms with van der Waals surface area (Å²) in [5, 5.41) is 7.63. The molecule has 1 aromatic carbocycles. The molecule has 0 radical (unpaired) electrons. The largest absolute Gasteiger partial charge is 0.384 e. The van der Waals surface area contributed by atoms with E-state index in [9.17, 15) is 0 Å². The zero-order valence-electron chi connectivity index (χ0n) is 11.6. The van der Waals surface area contributed by atoms with Crippen molar-refractivity contribution in [3.8, 4) is 0 Å². The van der Waals surface area contributed by atoms with E-state index in [4.69, 9.17) is 11.1 Å². The fraction of sp³-hybridized carbons (Fsp3) is 0.333. The highest BCUT2D eigenvalue weighted by Crippen LogP contribution is 2.21. The highest BCUT2D eigenvalue weighted by Gasteiger charge is 2.20. The van der Waals surface area contributed by atoms with E-state index < -0.39 is 0 Å². The van der Waals surface area contributed by atoms with Crippen LogP contribution in [0.15, 0.2) is 36.7 Å². The Kier molecular flexibility index (Phi) is 3.42. The lowest BCUT2D eigenvalue weighted by atomic mass is 9.95. The first kappa shape index (κ1) is 13.3. The molecule has 0 saturated heterocycles. The summed E-state index contributed by atoms with van der Waals surface area (Å²) in [7, 11) is 0. The highest BCUT2D eigenvalue weighted by atomic mass is 15.1. The first-order valence-electron chi connectivity index (χ1n) is 6.33. The summed E-state index contributed by atoms with van der Waals surface area (Å²) in [5.74, 6) is 1.14. The summed E-state index contributed by atoms with van der Waals surface area (Å²) < 4.78 is 2.11. The third-order valence-electron chi connectivity index (χ3n) is 3.03. The van der Waals surface area contributed by atoms with Crippen LogP contribution in [0.4, 0.5) is 0 Å². The maximum absolute atomic E-state index is 7.63. The number of hydrogen-bond acceptors (Lipinski definition) is 2. The van der Waals surface area contributed by atoms with Crippen LogP contribution in [0.25, 0.3) is 0 Å². The average Bonchev–Trinajstić information content (AvgIpc) is 2.77. The van der Waals surface area contributed by atoms with Crippen molar-refractivity contribution in [2.75, 3.05) is 0 Å². The number of aromatic nitrogens is 2. The molecule has 0 amide bonds. The van der Waals surface area contributed by atoms with Gasteiger partial charge >= 0.3 is 0 Å². The second-order valence-electron chi connectivity index (χ2n) is 5.70. The zero-order valence-corrected chi connectivity index (χ0v) is 11.6. The van der Waals surface area contributed by atoms with Gasteiger partial charge in [-0.2, -0.15) is 0 Å². The fourth-order valence-corrected chi connectivity index (χ4v) is 2.19. The Balaban J connectivity index is 2.38. The smallest absolute Gasteiger partial charge is 0.123 e. The van der Waals surface area contributed by atoms with Crippen molar-refractivity contribution in [1.82, 2.24) is 9.55 Å². The van der Waals surface area contributed by atoms with Gasteiger partial charge < -0.3 is 10.3 Å². The molecular weight excluding hydrogens is 236 g/mol. The number of hydrogen-bond donors (Lipinski definition) is 2. The Morgan fingerprint density at radius 1 is 1.32 bits per heavy atom. The number of benzene rings is 1. The Hall–Kier alpha value is -2.10. The Bertz CT molecular complexity index is 590. The number of nitrogen functional groups attached to an aromatic ring is 1. The minimum Gasteiger partial charge on any atom is -0.384 e. The van der Waals surface area contributed by atoms with Crippen LogP contribution in [0.5, 0.6) is 0 Å². The van der Waals surface area contributed by atoms with Gasteiger partial charge in [-0.05, 0) is 5.56 Å². The molecule has 0 unspecified atom stereocenters. The monoisotopic (exact) mass is 256 g/mol. The third-order valence-corrected chi connectivity index (χ3v) is 3.03. The molecule has 0 bridgehead atoms. The van der Waals surface area contributed by atoms with Crippen LogP contribution >= 0.6 is 0 Å². The highest BCUT2D eigenvalue weighted by molar-refractivity contribution is 5.96. The predicted octanol–water partition coefficient (Wildman–Crippen LogP) is 2.51. The Morgan fingerprint density at radius 3 is 2.63 bits per heavy atom. The minimum atomic E-state index is -0.00529. The summed E-state index contributed by atoms with van der Waals surface area (Å²) in [4.78, 5) is 4.44. The van der Waals surface area contributed by atoms with Gasteiger partial charge in [0.2, 0.25) is 0 Å². The number of nitrogens with zero attached hydrogens (tertiary/aromatic N) is 2. The molecule has 4 nitrogen and oxygen atoms in total. The maximum atomic E-state index is 7.63. The van der Waals surface area contributed by atoms with E-state index in [1.54, 1.807) is 0 Å². The molecule has 19 heavy (non-hydrogen) atoms. The van der Waals surface area contributed by atoms with Crippen molar-refractivity contribution in [2.24, 2.45) is 5.73 Å². The molecule has 3 N–H and O–H groups in total. The summed E-state index contributed by atoms with van der Waals surface area (Å²) >= 11 is 0. The van der Waals surface area contributed by atoms with Crippen LogP contribution in [0.1, 0.15) is 37.7 Å². The molecule has 0 aliphatic rings. The second kappa shape index (κ2) is 4.88. The molecule has 1 aromatic heterocycles. The SMILES string of the molecule is CC(C)(C)c1nccn1Cc1ccccc1C(=N)N. The van der Waals surface area contributed by atoms with Gasteiger partial charge in [0.1, 0.15) is 11.7 Å². The molecule has 0 aliphatic carbocycles. The van der Waals surface area contributed by atoms with Gasteiger partial charge in [0.25, 0.3) is 0 Å². The van der Waals surface area contributed by atoms with E-state index in [0.29, 0.717) is 6.54 Å². The molecule has 0 atom stereocenters. The van der Waals surface area contributed by atoms with E-state index in [0.717, 1.165) is 17.0 Å². The lowest BCUT2D eigenvalue weighted by Gasteiger charge is -2.20. The minimum absolute atomic E-state index is 0.00529. The van der Waals surface area contributed by atoms with Crippen LogP contribution in [-0.2, 0) is 12.0 Å². The van der Waals surface area contributed by atoms with Crippen molar-refractivity contribution in [2.45, 2.75) is 32.7 Å². The second-order valence-corrected chi connectivity index (χ2v) is 5.70. The summed E-state index contributed by atoms with van der Waals surface area (Å²) in [6.45, 7) is 7.11. The van der Waals surface area contributed by atoms with Crippen LogP contribution in [-0.4, -0.2) is 15.4 Å². The van der Waals surface area contributed by atoms with E-state index in [1.165, 1.54) is 0 Å². The molecule has 2 aromatic rings. The van der Waals surface area contributed by atoms with Crippen molar-refractivity contribution in [1.29, 1.82) is 5.41 Å². The van der Waals surface area contributed by atoms with Gasteiger partial charge in [0.15, 0.2) is 0 Å². The zero-order chi connectivity index (χ0) is 14.0. The summed E-state index contributed by atoms with van der Waals surface area (Å²) in [6, 6.07) is 7.75. The average molecular weight is 256 g/mol. The van der Waals surface area contributed by atoms with E-state index in [2.05, 4.69) is 30.3 Å². The molecule has 1 heterocycles. The van der Waals surface area contributed by atoms with Gasteiger partial charge in [-0.25, -0.2) is 4.98 Å². The van der Waals surface area contributed by atoms with Crippen molar-refractivity contribution < 1.29 is 0 Å². The normalized spacial score (nSPS) is 11.5. The molecule has 0 aliphatic heterocycles. The van der Waals surface area contributed by atoms with E-state index >= 15 is 0 Å². The lowest BCUT2D eigenvalue weighted by molar-refractivity contribution is 0.511. The van der Waals surface area contributed by atoms with Crippen LogP contribution in [0, 0.1) is 5.41 Å². The number of rotatable bonds is 3. The number of imidazole rings is 1.